The molecule has 17 heteroatoms. The molecule has 0 bridgehead atoms. The number of hydrogen-bond donors (Lipinski definition) is 2. The highest BCUT2D eigenvalue weighted by atomic mass is 16.7. The fraction of sp³-hybridized carbons (Fsp3) is 0.265. The van der Waals surface area contributed by atoms with Crippen LogP contribution in [0.2, 0.25) is 0 Å². The van der Waals surface area contributed by atoms with Gasteiger partial charge in [-0.15, -0.1) is 0 Å². The molecule has 342 valence electrons. The van der Waals surface area contributed by atoms with Crippen LogP contribution in [-0.2, 0) is 47.4 Å². The van der Waals surface area contributed by atoms with E-state index in [1.165, 1.54) is 60.7 Å². The Hall–Kier alpha value is -7.28. The quantitative estimate of drug-likeness (QED) is 0.109. The zero-order chi connectivity index (χ0) is 46.6. The van der Waals surface area contributed by atoms with Crippen LogP contribution in [0.4, 0.5) is 0 Å². The number of carbonyl (C=O) groups is 6. The molecular formula is C49H44O17. The van der Waals surface area contributed by atoms with Crippen LogP contribution >= 0.6 is 0 Å². The largest absolute Gasteiger partial charge is 0.463 e. The molecular weight excluding hydrogens is 861 g/mol. The van der Waals surface area contributed by atoms with Gasteiger partial charge in [-0.05, 0) is 60.7 Å². The molecule has 0 aliphatic carbocycles. The second-order valence-corrected chi connectivity index (χ2v) is 14.9. The molecule has 2 heterocycles. The van der Waals surface area contributed by atoms with Crippen LogP contribution in [0.5, 0.6) is 0 Å². The number of aliphatic hydroxyl groups is 2. The number of rotatable bonds is 15. The fourth-order valence-corrected chi connectivity index (χ4v) is 7.09. The first-order valence-electron chi connectivity index (χ1n) is 20.7. The Morgan fingerprint density at radius 3 is 1.12 bits per heavy atom. The Morgan fingerprint density at radius 2 is 0.742 bits per heavy atom. The summed E-state index contributed by atoms with van der Waals surface area (Å²) in [7, 11) is 0. The lowest BCUT2D eigenvalue weighted by molar-refractivity contribution is -0.323. The minimum atomic E-state index is -2.05. The summed E-state index contributed by atoms with van der Waals surface area (Å²) in [5.74, 6) is -5.45. The van der Waals surface area contributed by atoms with E-state index in [1.807, 2.05) is 0 Å². The van der Waals surface area contributed by atoms with E-state index in [9.17, 15) is 39.0 Å². The Labute approximate surface area is 377 Å². The van der Waals surface area contributed by atoms with Gasteiger partial charge < -0.3 is 52.8 Å². The summed E-state index contributed by atoms with van der Waals surface area (Å²) >= 11 is 0. The number of esters is 6. The number of ether oxygens (including phenoxy) is 9. The molecule has 0 saturated carbocycles. The highest BCUT2D eigenvalue weighted by molar-refractivity contribution is 5.92. The van der Waals surface area contributed by atoms with E-state index in [0.29, 0.717) is 0 Å². The smallest absolute Gasteiger partial charge is 0.338 e. The van der Waals surface area contributed by atoms with Crippen LogP contribution in [0.15, 0.2) is 152 Å². The first-order valence-corrected chi connectivity index (χ1v) is 20.7. The van der Waals surface area contributed by atoms with Crippen molar-refractivity contribution in [2.24, 2.45) is 0 Å². The topological polar surface area (TPSA) is 226 Å². The van der Waals surface area contributed by atoms with E-state index < -0.39 is 110 Å². The van der Waals surface area contributed by atoms with Crippen molar-refractivity contribution in [2.75, 3.05) is 13.2 Å². The van der Waals surface area contributed by atoms with E-state index in [1.54, 1.807) is 91.0 Å². The van der Waals surface area contributed by atoms with E-state index >= 15 is 0 Å². The molecule has 2 saturated heterocycles. The van der Waals surface area contributed by atoms with Crippen molar-refractivity contribution >= 4 is 35.8 Å². The van der Waals surface area contributed by atoms with Crippen LogP contribution in [0.25, 0.3) is 0 Å². The van der Waals surface area contributed by atoms with Gasteiger partial charge in [-0.3, -0.25) is 4.79 Å². The SMILES string of the molecule is CC(=O)OC[C@H]1O[C@H](OC[C@H]2O[C@H](O)[C@@H](O)[C@@H](OC(=O)c3ccccc3)[C@@H]2OC(=O)c2ccccc2)[C@@H](OC(=O)c2ccccc2)[C@@H](OC(=O)c2ccccc2)[C@@H]1OC(=O)c1ccccc1. The van der Waals surface area contributed by atoms with Gasteiger partial charge >= 0.3 is 35.8 Å². The molecule has 17 nitrogen and oxygen atoms in total. The summed E-state index contributed by atoms with van der Waals surface area (Å²) in [6.07, 6.45) is -17.6. The fourth-order valence-electron chi connectivity index (χ4n) is 7.09. The summed E-state index contributed by atoms with van der Waals surface area (Å²) < 4.78 is 53.3. The molecule has 2 fully saturated rings. The van der Waals surface area contributed by atoms with E-state index in [4.69, 9.17) is 42.6 Å². The third-order valence-electron chi connectivity index (χ3n) is 10.4. The molecule has 0 unspecified atom stereocenters. The molecule has 7 rings (SSSR count). The molecule has 66 heavy (non-hydrogen) atoms. The van der Waals surface area contributed by atoms with Crippen molar-refractivity contribution in [3.05, 3.63) is 179 Å². The maximum Gasteiger partial charge on any atom is 0.338 e. The summed E-state index contributed by atoms with van der Waals surface area (Å²) in [5.41, 5.74) is 0.334. The summed E-state index contributed by atoms with van der Waals surface area (Å²) in [4.78, 5) is 80.8. The maximum atomic E-state index is 13.9. The van der Waals surface area contributed by atoms with Gasteiger partial charge in [0.25, 0.3) is 0 Å². The van der Waals surface area contributed by atoms with Crippen molar-refractivity contribution in [1.29, 1.82) is 0 Å². The van der Waals surface area contributed by atoms with Gasteiger partial charge in [0.15, 0.2) is 43.1 Å². The highest BCUT2D eigenvalue weighted by Crippen LogP contribution is 2.34. The molecule has 5 aromatic carbocycles. The molecule has 0 spiro atoms. The molecule has 0 amide bonds. The summed E-state index contributed by atoms with van der Waals surface area (Å²) in [5, 5.41) is 22.2. The predicted octanol–water partition coefficient (Wildman–Crippen LogP) is 4.50. The average molecular weight is 905 g/mol. The Balaban J connectivity index is 1.27. The Bertz CT molecular complexity index is 2420. The number of hydrogen-bond acceptors (Lipinski definition) is 17. The van der Waals surface area contributed by atoms with Crippen molar-refractivity contribution < 1.29 is 81.6 Å². The lowest BCUT2D eigenvalue weighted by Gasteiger charge is -2.45. The van der Waals surface area contributed by atoms with Gasteiger partial charge in [0.1, 0.15) is 24.9 Å². The van der Waals surface area contributed by atoms with Gasteiger partial charge in [0.05, 0.1) is 34.4 Å². The van der Waals surface area contributed by atoms with E-state index in [0.717, 1.165) is 6.92 Å². The second kappa shape index (κ2) is 22.1. The zero-order valence-corrected chi connectivity index (χ0v) is 35.1. The normalized spacial score (nSPS) is 24.7. The Morgan fingerprint density at radius 1 is 0.424 bits per heavy atom. The number of aliphatic hydroxyl groups excluding tert-OH is 2. The summed E-state index contributed by atoms with van der Waals surface area (Å²) in [6.45, 7) is -0.231. The summed E-state index contributed by atoms with van der Waals surface area (Å²) in [6, 6.07) is 38.7. The number of carbonyl (C=O) groups excluding carboxylic acids is 6. The maximum absolute atomic E-state index is 13.9. The first kappa shape index (κ1) is 46.7. The third kappa shape index (κ3) is 11.7. The molecule has 10 atom stereocenters. The Kier molecular flexibility index (Phi) is 15.6. The van der Waals surface area contributed by atoms with Gasteiger partial charge in [-0.2, -0.15) is 0 Å². The van der Waals surface area contributed by atoms with Crippen LogP contribution in [-0.4, -0.2) is 121 Å². The van der Waals surface area contributed by atoms with Crippen molar-refractivity contribution in [1.82, 2.24) is 0 Å². The van der Waals surface area contributed by atoms with E-state index in [2.05, 4.69) is 0 Å². The van der Waals surface area contributed by atoms with Crippen LogP contribution in [0.3, 0.4) is 0 Å². The van der Waals surface area contributed by atoms with Gasteiger partial charge in [0.2, 0.25) is 0 Å². The molecule has 2 aliphatic heterocycles. The van der Waals surface area contributed by atoms with Crippen molar-refractivity contribution in [2.45, 2.75) is 68.3 Å². The van der Waals surface area contributed by atoms with Gasteiger partial charge in [-0.25, -0.2) is 24.0 Å². The third-order valence-corrected chi connectivity index (χ3v) is 10.4. The average Bonchev–Trinajstić information content (AvgIpc) is 3.35. The number of benzene rings is 5. The zero-order valence-electron chi connectivity index (χ0n) is 35.1. The van der Waals surface area contributed by atoms with Gasteiger partial charge in [-0.1, -0.05) is 91.0 Å². The molecule has 2 N–H and O–H groups in total. The lowest BCUT2D eigenvalue weighted by atomic mass is 9.97. The predicted molar refractivity (Wildman–Crippen MR) is 226 cm³/mol. The lowest BCUT2D eigenvalue weighted by Crippen LogP contribution is -2.64. The second-order valence-electron chi connectivity index (χ2n) is 14.9. The van der Waals surface area contributed by atoms with Crippen LogP contribution in [0.1, 0.15) is 58.7 Å². The monoisotopic (exact) mass is 904 g/mol. The standard InChI is InChI=1S/C49H44O17/c1-29(50)58-27-36-39(63-44(53)31-19-9-3-10-20-31)41(65-46(55)33-23-13-5-14-24-33)42(66-47(56)34-25-15-6-16-26-34)49(61-36)59-28-35-38(62-43(52)30-17-7-2-8-18-30)40(37(51)48(57)60-35)64-45(54)32-21-11-4-12-22-32/h2-26,35-42,48-49,51,57H,27-28H2,1H3/t35-,36-,37+,38-,39-,40-,41+,42+,48+,49+/m1/s1. The minimum absolute atomic E-state index is 0.0490. The highest BCUT2D eigenvalue weighted by Gasteiger charge is 2.55. The van der Waals surface area contributed by atoms with E-state index in [-0.39, 0.29) is 27.8 Å². The molecule has 0 aromatic heterocycles. The minimum Gasteiger partial charge on any atom is -0.463 e. The van der Waals surface area contributed by atoms with Crippen molar-refractivity contribution in [3.63, 3.8) is 0 Å². The van der Waals surface area contributed by atoms with Gasteiger partial charge in [0, 0.05) is 6.92 Å². The molecule has 2 aliphatic rings. The van der Waals surface area contributed by atoms with Crippen LogP contribution < -0.4 is 0 Å². The molecule has 5 aromatic rings. The first-order chi connectivity index (χ1) is 32.0. The molecule has 0 radical (unpaired) electrons. The van der Waals surface area contributed by atoms with Crippen molar-refractivity contribution in [3.8, 4) is 0 Å². The van der Waals surface area contributed by atoms with Crippen LogP contribution in [0, 0.1) is 0 Å².